The Kier molecular flexibility index (Phi) is 6.91. The molecule has 1 aromatic carbocycles. The molecule has 2 aliphatic heterocycles. The van der Waals surface area contributed by atoms with Gasteiger partial charge in [-0.25, -0.2) is 4.39 Å². The number of anilines is 1. The zero-order valence-corrected chi connectivity index (χ0v) is 17.3. The number of rotatable bonds is 7. The molecule has 150 valence electrons. The Morgan fingerprint density at radius 2 is 1.93 bits per heavy atom. The number of aryl methyl sites for hydroxylation is 2. The van der Waals surface area contributed by atoms with Gasteiger partial charge in [0.05, 0.1) is 0 Å². The lowest BCUT2D eigenvalue weighted by atomic mass is 9.91. The smallest absolute Gasteiger partial charge is 0.227 e. The molecule has 0 unspecified atom stereocenters. The van der Waals surface area contributed by atoms with Gasteiger partial charge in [0.2, 0.25) is 5.91 Å². The lowest BCUT2D eigenvalue weighted by Gasteiger charge is -2.36. The van der Waals surface area contributed by atoms with Crippen LogP contribution in [0, 0.1) is 24.6 Å². The number of fused-ring (bicyclic) bond motifs is 1. The summed E-state index contributed by atoms with van der Waals surface area (Å²) in [6.45, 7) is 10.4. The van der Waals surface area contributed by atoms with E-state index >= 15 is 0 Å². The minimum atomic E-state index is -0.165. The molecule has 0 spiro atoms. The summed E-state index contributed by atoms with van der Waals surface area (Å²) in [5.41, 5.74) is 2.52. The number of carbonyl (C=O) groups excluding carboxylic acids is 1. The highest BCUT2D eigenvalue weighted by Gasteiger charge is 2.27. The van der Waals surface area contributed by atoms with E-state index in [4.69, 9.17) is 0 Å². The van der Waals surface area contributed by atoms with Gasteiger partial charge in [-0.15, -0.1) is 0 Å². The van der Waals surface area contributed by atoms with E-state index in [1.165, 1.54) is 45.2 Å². The first-order valence-corrected chi connectivity index (χ1v) is 10.8. The van der Waals surface area contributed by atoms with Crippen molar-refractivity contribution < 1.29 is 9.18 Å². The van der Waals surface area contributed by atoms with Crippen LogP contribution in [0.3, 0.4) is 0 Å². The van der Waals surface area contributed by atoms with Crippen LogP contribution in [0.2, 0.25) is 0 Å². The van der Waals surface area contributed by atoms with Crippen LogP contribution in [0.25, 0.3) is 0 Å². The molecule has 4 heteroatoms. The van der Waals surface area contributed by atoms with Gasteiger partial charge >= 0.3 is 0 Å². The van der Waals surface area contributed by atoms with Crippen LogP contribution in [0.1, 0.15) is 63.5 Å². The van der Waals surface area contributed by atoms with Gasteiger partial charge in [0.15, 0.2) is 0 Å². The number of hydrogen-bond acceptors (Lipinski definition) is 2. The Morgan fingerprint density at radius 1 is 1.19 bits per heavy atom. The number of piperidine rings is 1. The van der Waals surface area contributed by atoms with E-state index < -0.39 is 0 Å². The van der Waals surface area contributed by atoms with Gasteiger partial charge in [-0.2, -0.15) is 0 Å². The van der Waals surface area contributed by atoms with Crippen LogP contribution >= 0.6 is 0 Å². The quantitative estimate of drug-likeness (QED) is 0.674. The highest BCUT2D eigenvalue weighted by atomic mass is 19.1. The average molecular weight is 375 g/mol. The first-order chi connectivity index (χ1) is 13.0. The van der Waals surface area contributed by atoms with Crippen molar-refractivity contribution in [1.29, 1.82) is 0 Å². The Hall–Kier alpha value is -1.42. The second-order valence-electron chi connectivity index (χ2n) is 8.73. The van der Waals surface area contributed by atoms with Gasteiger partial charge in [-0.05, 0) is 74.4 Å². The van der Waals surface area contributed by atoms with Crippen molar-refractivity contribution in [3.63, 3.8) is 0 Å². The van der Waals surface area contributed by atoms with Crippen molar-refractivity contribution in [2.45, 2.75) is 65.7 Å². The van der Waals surface area contributed by atoms with Gasteiger partial charge < -0.3 is 9.80 Å². The van der Waals surface area contributed by atoms with Crippen molar-refractivity contribution in [2.24, 2.45) is 11.8 Å². The summed E-state index contributed by atoms with van der Waals surface area (Å²) in [4.78, 5) is 17.0. The third kappa shape index (κ3) is 5.10. The predicted octanol–water partition coefficient (Wildman–Crippen LogP) is 4.95. The molecule has 1 atom stereocenters. The van der Waals surface area contributed by atoms with Crippen molar-refractivity contribution in [3.05, 3.63) is 29.1 Å². The zero-order chi connectivity index (χ0) is 19.4. The Bertz CT molecular complexity index is 652. The number of nitrogens with zero attached hydrogens (tertiary/aromatic N) is 2. The maximum absolute atomic E-state index is 13.9. The monoisotopic (exact) mass is 374 g/mol. The number of benzene rings is 1. The molecule has 2 aliphatic rings. The summed E-state index contributed by atoms with van der Waals surface area (Å²) in [5.74, 6) is 1.34. The lowest BCUT2D eigenvalue weighted by Crippen LogP contribution is -2.43. The molecule has 0 aliphatic carbocycles. The van der Waals surface area contributed by atoms with E-state index in [2.05, 4.69) is 18.7 Å². The van der Waals surface area contributed by atoms with E-state index in [1.807, 2.05) is 11.0 Å². The fourth-order valence-electron chi connectivity index (χ4n) is 4.63. The van der Waals surface area contributed by atoms with E-state index in [-0.39, 0.29) is 11.7 Å². The van der Waals surface area contributed by atoms with Crippen LogP contribution in [0.5, 0.6) is 0 Å². The largest absolute Gasteiger partial charge is 0.312 e. The Balaban J connectivity index is 1.56. The number of likely N-dealkylation sites (tertiary alicyclic amines) is 1. The maximum atomic E-state index is 13.9. The van der Waals surface area contributed by atoms with Crippen LogP contribution in [0.4, 0.5) is 10.1 Å². The summed E-state index contributed by atoms with van der Waals surface area (Å²) in [7, 11) is 0. The normalized spacial score (nSPS) is 20.0. The van der Waals surface area contributed by atoms with Crippen LogP contribution in [-0.4, -0.2) is 37.0 Å². The second-order valence-corrected chi connectivity index (χ2v) is 8.73. The zero-order valence-electron chi connectivity index (χ0n) is 17.3. The average Bonchev–Trinajstić information content (AvgIpc) is 2.65. The number of halogens is 1. The van der Waals surface area contributed by atoms with Crippen LogP contribution in [0.15, 0.2) is 12.1 Å². The highest BCUT2D eigenvalue weighted by molar-refractivity contribution is 5.96. The SMILES string of the molecule is CCCCC1CCN(C[C@@H](C)CN2C(=O)CCc3cc(F)c(C)cc32)CC1. The van der Waals surface area contributed by atoms with Crippen LogP contribution in [-0.2, 0) is 11.2 Å². The second kappa shape index (κ2) is 9.18. The molecule has 3 rings (SSSR count). The molecule has 1 saturated heterocycles. The summed E-state index contributed by atoms with van der Waals surface area (Å²) >= 11 is 0. The standard InChI is InChI=1S/C23H35FN2O/c1-4-5-6-19-9-11-25(12-10-19)15-17(2)16-26-22-13-18(3)21(24)14-20(22)7-8-23(26)27/h13-14,17,19H,4-12,15-16H2,1-3H3/t17-/m1/s1. The first-order valence-electron chi connectivity index (χ1n) is 10.8. The van der Waals surface area contributed by atoms with E-state index in [9.17, 15) is 9.18 Å². The molecule has 0 radical (unpaired) electrons. The predicted molar refractivity (Wildman–Crippen MR) is 110 cm³/mol. The number of hydrogen-bond donors (Lipinski definition) is 0. The molecule has 0 bridgehead atoms. The molecular formula is C23H35FN2O. The fourth-order valence-corrected chi connectivity index (χ4v) is 4.63. The molecule has 1 fully saturated rings. The van der Waals surface area contributed by atoms with Crippen molar-refractivity contribution >= 4 is 11.6 Å². The maximum Gasteiger partial charge on any atom is 0.227 e. The lowest BCUT2D eigenvalue weighted by molar-refractivity contribution is -0.119. The topological polar surface area (TPSA) is 23.6 Å². The van der Waals surface area contributed by atoms with Gasteiger partial charge in [-0.1, -0.05) is 33.1 Å². The third-order valence-corrected chi connectivity index (χ3v) is 6.30. The number of carbonyl (C=O) groups is 1. The van der Waals surface area contributed by atoms with Crippen molar-refractivity contribution in [3.8, 4) is 0 Å². The number of amides is 1. The summed E-state index contributed by atoms with van der Waals surface area (Å²) in [6.07, 6.45) is 7.82. The molecule has 3 nitrogen and oxygen atoms in total. The molecule has 1 aromatic rings. The van der Waals surface area contributed by atoms with Gasteiger partial charge in [-0.3, -0.25) is 4.79 Å². The molecule has 1 amide bonds. The Morgan fingerprint density at radius 3 is 2.63 bits per heavy atom. The minimum absolute atomic E-state index is 0.165. The Labute approximate surface area is 163 Å². The van der Waals surface area contributed by atoms with Crippen molar-refractivity contribution in [2.75, 3.05) is 31.1 Å². The highest BCUT2D eigenvalue weighted by Crippen LogP contribution is 2.31. The fraction of sp³-hybridized carbons (Fsp3) is 0.696. The molecule has 0 aromatic heterocycles. The summed E-state index contributed by atoms with van der Waals surface area (Å²) in [6, 6.07) is 3.48. The van der Waals surface area contributed by atoms with Crippen LogP contribution < -0.4 is 4.90 Å². The molecular weight excluding hydrogens is 339 g/mol. The summed E-state index contributed by atoms with van der Waals surface area (Å²) < 4.78 is 13.9. The molecule has 27 heavy (non-hydrogen) atoms. The summed E-state index contributed by atoms with van der Waals surface area (Å²) in [5, 5.41) is 0. The minimum Gasteiger partial charge on any atom is -0.312 e. The van der Waals surface area contributed by atoms with Gasteiger partial charge in [0.1, 0.15) is 5.82 Å². The molecule has 0 N–H and O–H groups in total. The van der Waals surface area contributed by atoms with Gasteiger partial charge in [0.25, 0.3) is 0 Å². The van der Waals surface area contributed by atoms with Crippen molar-refractivity contribution in [1.82, 2.24) is 4.90 Å². The number of unbranched alkanes of at least 4 members (excludes halogenated alkanes) is 1. The first kappa shape index (κ1) is 20.3. The molecule has 2 heterocycles. The molecule has 0 saturated carbocycles. The van der Waals surface area contributed by atoms with E-state index in [0.29, 0.717) is 24.3 Å². The van der Waals surface area contributed by atoms with Gasteiger partial charge in [0, 0.05) is 25.2 Å². The third-order valence-electron chi connectivity index (χ3n) is 6.30. The van der Waals surface area contributed by atoms with E-state index in [0.717, 1.165) is 30.3 Å². The van der Waals surface area contributed by atoms with E-state index in [1.54, 1.807) is 13.0 Å².